The van der Waals surface area contributed by atoms with Crippen LogP contribution in [-0.4, -0.2) is 54.8 Å². The van der Waals surface area contributed by atoms with Gasteiger partial charge in [0.2, 0.25) is 5.75 Å². The maximum atomic E-state index is 12.7. The van der Waals surface area contributed by atoms with Gasteiger partial charge in [0.1, 0.15) is 5.82 Å². The molecule has 1 fully saturated rings. The van der Waals surface area contributed by atoms with E-state index in [1.54, 1.807) is 21.3 Å². The van der Waals surface area contributed by atoms with Gasteiger partial charge in [-0.15, -0.1) is 0 Å². The van der Waals surface area contributed by atoms with E-state index in [1.165, 1.54) is 0 Å². The molecule has 152 valence electrons. The van der Waals surface area contributed by atoms with Gasteiger partial charge in [-0.05, 0) is 38.0 Å². The number of rotatable bonds is 5. The molecule has 7 heteroatoms. The number of ether oxygens (including phenoxy) is 3. The Balaban J connectivity index is 1.81. The number of carbonyl (C=O) groups is 1. The van der Waals surface area contributed by atoms with Crippen molar-refractivity contribution in [2.24, 2.45) is 0 Å². The van der Waals surface area contributed by atoms with Crippen molar-refractivity contribution in [2.45, 2.75) is 19.8 Å². The Morgan fingerprint density at radius 3 is 2.21 bits per heavy atom. The lowest BCUT2D eigenvalue weighted by atomic mass is 10.1. The van der Waals surface area contributed by atoms with Gasteiger partial charge >= 0.3 is 0 Å². The van der Waals surface area contributed by atoms with E-state index < -0.39 is 0 Å². The predicted octanol–water partition coefficient (Wildman–Crippen LogP) is 3.60. The van der Waals surface area contributed by atoms with Crippen molar-refractivity contribution in [3.63, 3.8) is 0 Å². The standard InChI is InChI=1S/C22H25N3O4/c1-14-23-17-11-15(22(26)24-9-5-6-10-24)7-8-18(17)25(14)16-12-19(27-2)21(29-4)20(13-16)28-3/h7-8,11-13H,5-6,9-10H2,1-4H3. The predicted molar refractivity (Wildman–Crippen MR) is 111 cm³/mol. The van der Waals surface area contributed by atoms with E-state index in [1.807, 2.05) is 46.7 Å². The molecule has 4 rings (SSSR count). The summed E-state index contributed by atoms with van der Waals surface area (Å²) < 4.78 is 18.4. The van der Waals surface area contributed by atoms with Crippen molar-refractivity contribution < 1.29 is 19.0 Å². The summed E-state index contributed by atoms with van der Waals surface area (Å²) in [6, 6.07) is 9.47. The molecular weight excluding hydrogens is 370 g/mol. The van der Waals surface area contributed by atoms with Crippen LogP contribution in [0.15, 0.2) is 30.3 Å². The van der Waals surface area contributed by atoms with Crippen LogP contribution in [-0.2, 0) is 0 Å². The SMILES string of the molecule is COc1cc(-n2c(C)nc3cc(C(=O)N4CCCC4)ccc32)cc(OC)c1OC. The van der Waals surface area contributed by atoms with Crippen LogP contribution < -0.4 is 14.2 Å². The van der Waals surface area contributed by atoms with E-state index >= 15 is 0 Å². The minimum Gasteiger partial charge on any atom is -0.493 e. The number of hydrogen-bond donors (Lipinski definition) is 0. The number of imidazole rings is 1. The Bertz CT molecular complexity index is 1040. The van der Waals surface area contributed by atoms with Gasteiger partial charge in [0.25, 0.3) is 5.91 Å². The second-order valence-corrected chi connectivity index (χ2v) is 7.08. The molecule has 2 aromatic carbocycles. The lowest BCUT2D eigenvalue weighted by molar-refractivity contribution is 0.0793. The molecule has 2 heterocycles. The highest BCUT2D eigenvalue weighted by Gasteiger charge is 2.21. The Kier molecular flexibility index (Phi) is 5.05. The van der Waals surface area contributed by atoms with Crippen molar-refractivity contribution in [3.05, 3.63) is 41.7 Å². The summed E-state index contributed by atoms with van der Waals surface area (Å²) in [6.07, 6.45) is 2.14. The zero-order valence-electron chi connectivity index (χ0n) is 17.2. The third-order valence-electron chi connectivity index (χ3n) is 5.37. The molecule has 3 aromatic rings. The lowest BCUT2D eigenvalue weighted by Crippen LogP contribution is -2.27. The molecule has 1 aromatic heterocycles. The molecule has 1 aliphatic rings. The number of likely N-dealkylation sites (tertiary alicyclic amines) is 1. The maximum absolute atomic E-state index is 12.7. The molecule has 0 spiro atoms. The van der Waals surface area contributed by atoms with Crippen LogP contribution in [0.25, 0.3) is 16.7 Å². The van der Waals surface area contributed by atoms with Gasteiger partial charge in [-0.3, -0.25) is 9.36 Å². The first kappa shape index (κ1) is 19.1. The maximum Gasteiger partial charge on any atom is 0.253 e. The molecule has 0 radical (unpaired) electrons. The summed E-state index contributed by atoms with van der Waals surface area (Å²) in [6.45, 7) is 3.59. The van der Waals surface area contributed by atoms with Gasteiger partial charge in [-0.25, -0.2) is 4.98 Å². The average Bonchev–Trinajstić information content (AvgIpc) is 3.38. The molecule has 1 amide bonds. The fraction of sp³-hybridized carbons (Fsp3) is 0.364. The number of carbonyl (C=O) groups excluding carboxylic acids is 1. The van der Waals surface area contributed by atoms with Crippen LogP contribution in [0.1, 0.15) is 29.0 Å². The van der Waals surface area contributed by atoms with E-state index in [0.717, 1.165) is 48.5 Å². The van der Waals surface area contributed by atoms with Crippen molar-refractivity contribution in [2.75, 3.05) is 34.4 Å². The number of amides is 1. The van der Waals surface area contributed by atoms with Crippen molar-refractivity contribution in [3.8, 4) is 22.9 Å². The summed E-state index contributed by atoms with van der Waals surface area (Å²) in [7, 11) is 4.77. The second-order valence-electron chi connectivity index (χ2n) is 7.08. The zero-order valence-corrected chi connectivity index (χ0v) is 17.2. The summed E-state index contributed by atoms with van der Waals surface area (Å²) >= 11 is 0. The van der Waals surface area contributed by atoms with Crippen LogP contribution in [0.3, 0.4) is 0 Å². The summed E-state index contributed by atoms with van der Waals surface area (Å²) in [5.74, 6) is 2.57. The quantitative estimate of drug-likeness (QED) is 0.660. The number of methoxy groups -OCH3 is 3. The zero-order chi connectivity index (χ0) is 20.5. The number of benzene rings is 2. The summed E-state index contributed by atoms with van der Waals surface area (Å²) in [5.41, 5.74) is 3.21. The molecule has 0 bridgehead atoms. The molecule has 29 heavy (non-hydrogen) atoms. The topological polar surface area (TPSA) is 65.8 Å². The smallest absolute Gasteiger partial charge is 0.253 e. The van der Waals surface area contributed by atoms with Gasteiger partial charge in [0, 0.05) is 30.8 Å². The van der Waals surface area contributed by atoms with Gasteiger partial charge in [-0.2, -0.15) is 0 Å². The Morgan fingerprint density at radius 2 is 1.62 bits per heavy atom. The average molecular weight is 395 g/mol. The number of hydrogen-bond acceptors (Lipinski definition) is 5. The summed E-state index contributed by atoms with van der Waals surface area (Å²) in [5, 5.41) is 0. The first-order chi connectivity index (χ1) is 14.1. The van der Waals surface area contributed by atoms with Crippen LogP contribution in [0.4, 0.5) is 0 Å². The molecule has 0 saturated carbocycles. The number of nitrogens with zero attached hydrogens (tertiary/aromatic N) is 3. The van der Waals surface area contributed by atoms with E-state index in [0.29, 0.717) is 22.8 Å². The van der Waals surface area contributed by atoms with E-state index in [4.69, 9.17) is 19.2 Å². The largest absolute Gasteiger partial charge is 0.493 e. The van der Waals surface area contributed by atoms with Crippen LogP contribution in [0.5, 0.6) is 17.2 Å². The molecule has 7 nitrogen and oxygen atoms in total. The number of aryl methyl sites for hydroxylation is 1. The van der Waals surface area contributed by atoms with Gasteiger partial charge in [0.05, 0.1) is 38.1 Å². The number of aromatic nitrogens is 2. The highest BCUT2D eigenvalue weighted by molar-refractivity contribution is 5.97. The molecule has 1 aliphatic heterocycles. The fourth-order valence-electron chi connectivity index (χ4n) is 3.96. The van der Waals surface area contributed by atoms with E-state index in [-0.39, 0.29) is 5.91 Å². The van der Waals surface area contributed by atoms with E-state index in [2.05, 4.69) is 0 Å². The Morgan fingerprint density at radius 1 is 0.966 bits per heavy atom. The number of fused-ring (bicyclic) bond motifs is 1. The van der Waals surface area contributed by atoms with Crippen LogP contribution in [0, 0.1) is 6.92 Å². The summed E-state index contributed by atoms with van der Waals surface area (Å²) in [4.78, 5) is 19.3. The molecule has 0 N–H and O–H groups in total. The first-order valence-electron chi connectivity index (χ1n) is 9.66. The van der Waals surface area contributed by atoms with Crippen molar-refractivity contribution in [1.29, 1.82) is 0 Å². The van der Waals surface area contributed by atoms with Crippen molar-refractivity contribution >= 4 is 16.9 Å². The van der Waals surface area contributed by atoms with Gasteiger partial charge in [-0.1, -0.05) is 0 Å². The van der Waals surface area contributed by atoms with Crippen LogP contribution >= 0.6 is 0 Å². The Hall–Kier alpha value is -3.22. The molecule has 0 unspecified atom stereocenters. The first-order valence-corrected chi connectivity index (χ1v) is 9.66. The second kappa shape index (κ2) is 7.66. The van der Waals surface area contributed by atoms with E-state index in [9.17, 15) is 4.79 Å². The highest BCUT2D eigenvalue weighted by Crippen LogP contribution is 2.40. The Labute approximate surface area is 169 Å². The monoisotopic (exact) mass is 395 g/mol. The molecule has 0 aliphatic carbocycles. The molecular formula is C22H25N3O4. The molecule has 1 saturated heterocycles. The van der Waals surface area contributed by atoms with Gasteiger partial charge < -0.3 is 19.1 Å². The lowest BCUT2D eigenvalue weighted by Gasteiger charge is -2.16. The fourth-order valence-corrected chi connectivity index (χ4v) is 3.96. The van der Waals surface area contributed by atoms with Gasteiger partial charge in [0.15, 0.2) is 11.5 Å². The normalized spacial score (nSPS) is 13.7. The van der Waals surface area contributed by atoms with Crippen LogP contribution in [0.2, 0.25) is 0 Å². The third kappa shape index (κ3) is 3.26. The minimum absolute atomic E-state index is 0.0735. The van der Waals surface area contributed by atoms with Crippen molar-refractivity contribution in [1.82, 2.24) is 14.5 Å². The third-order valence-corrected chi connectivity index (χ3v) is 5.37. The minimum atomic E-state index is 0.0735. The highest BCUT2D eigenvalue weighted by atomic mass is 16.5. The molecule has 0 atom stereocenters.